The first-order valence-electron chi connectivity index (χ1n) is 10.5. The summed E-state index contributed by atoms with van der Waals surface area (Å²) in [5.41, 5.74) is 2.65. The quantitative estimate of drug-likeness (QED) is 0.838. The van der Waals surface area contributed by atoms with Crippen molar-refractivity contribution in [2.45, 2.75) is 51.4 Å². The van der Waals surface area contributed by atoms with Crippen LogP contribution in [0.3, 0.4) is 0 Å². The highest BCUT2D eigenvalue weighted by atomic mass is 16.1. The van der Waals surface area contributed by atoms with Gasteiger partial charge < -0.3 is 5.32 Å². The first kappa shape index (κ1) is 17.0. The Hall–Kier alpha value is -2.10. The van der Waals surface area contributed by atoms with E-state index in [1.165, 1.54) is 44.1 Å². The molecule has 1 N–H and O–H groups in total. The number of rotatable bonds is 6. The predicted molar refractivity (Wildman–Crippen MR) is 105 cm³/mol. The van der Waals surface area contributed by atoms with Gasteiger partial charge in [0.25, 0.3) is 0 Å². The molecular weight excluding hydrogens is 334 g/mol. The second-order valence-electron chi connectivity index (χ2n) is 9.31. The molecule has 142 valence electrons. The van der Waals surface area contributed by atoms with Crippen LogP contribution < -0.4 is 5.32 Å². The van der Waals surface area contributed by atoms with Crippen molar-refractivity contribution in [1.82, 2.24) is 15.1 Å². The van der Waals surface area contributed by atoms with E-state index < -0.39 is 0 Å². The van der Waals surface area contributed by atoms with Crippen LogP contribution in [0.2, 0.25) is 0 Å². The second kappa shape index (κ2) is 6.81. The summed E-state index contributed by atoms with van der Waals surface area (Å²) in [7, 11) is 0. The fraction of sp³-hybridized carbons (Fsp3) is 0.565. The van der Waals surface area contributed by atoms with Crippen molar-refractivity contribution in [2.24, 2.45) is 23.2 Å². The second-order valence-corrected chi connectivity index (χ2v) is 9.31. The Labute approximate surface area is 161 Å². The number of amides is 1. The Kier molecular flexibility index (Phi) is 4.30. The summed E-state index contributed by atoms with van der Waals surface area (Å²) in [6.45, 7) is 0.728. The maximum absolute atomic E-state index is 12.6. The van der Waals surface area contributed by atoms with Crippen LogP contribution in [-0.2, 0) is 11.2 Å². The van der Waals surface area contributed by atoms with Gasteiger partial charge >= 0.3 is 0 Å². The molecule has 27 heavy (non-hydrogen) atoms. The average molecular weight is 364 g/mol. The van der Waals surface area contributed by atoms with Gasteiger partial charge in [0.1, 0.15) is 0 Å². The predicted octanol–water partition coefficient (Wildman–Crippen LogP) is 4.14. The van der Waals surface area contributed by atoms with Gasteiger partial charge in [0.2, 0.25) is 5.91 Å². The number of aromatic nitrogens is 2. The monoisotopic (exact) mass is 363 g/mol. The topological polar surface area (TPSA) is 46.9 Å². The molecule has 0 radical (unpaired) electrons. The van der Waals surface area contributed by atoms with E-state index in [1.807, 2.05) is 16.9 Å². The molecule has 1 aromatic heterocycles. The van der Waals surface area contributed by atoms with Crippen molar-refractivity contribution in [1.29, 1.82) is 0 Å². The number of carbonyl (C=O) groups excluding carboxylic acids is 1. The molecular formula is C23H29N3O. The summed E-state index contributed by atoms with van der Waals surface area (Å²) >= 11 is 0. The third-order valence-electron chi connectivity index (χ3n) is 7.14. The Morgan fingerprint density at radius 1 is 1.07 bits per heavy atom. The Morgan fingerprint density at radius 3 is 2.33 bits per heavy atom. The van der Waals surface area contributed by atoms with Crippen molar-refractivity contribution >= 4 is 5.91 Å². The van der Waals surface area contributed by atoms with E-state index in [-0.39, 0.29) is 5.91 Å². The van der Waals surface area contributed by atoms with Crippen LogP contribution in [0.5, 0.6) is 0 Å². The van der Waals surface area contributed by atoms with E-state index in [4.69, 9.17) is 0 Å². The molecule has 1 amide bonds. The summed E-state index contributed by atoms with van der Waals surface area (Å²) in [4.78, 5) is 12.6. The van der Waals surface area contributed by atoms with Crippen LogP contribution in [0.1, 0.15) is 50.5 Å². The Morgan fingerprint density at radius 2 is 1.74 bits per heavy atom. The Balaban J connectivity index is 1.12. The third-order valence-corrected chi connectivity index (χ3v) is 7.14. The normalized spacial score (nSPS) is 31.2. The molecule has 6 rings (SSSR count). The number of hydrogen-bond donors (Lipinski definition) is 1. The first-order valence-corrected chi connectivity index (χ1v) is 10.5. The van der Waals surface area contributed by atoms with Crippen LogP contribution in [-0.4, -0.2) is 22.2 Å². The van der Waals surface area contributed by atoms with Gasteiger partial charge in [0.05, 0.1) is 5.69 Å². The van der Waals surface area contributed by atoms with Crippen LogP contribution in [0.15, 0.2) is 42.7 Å². The number of benzene rings is 1. The van der Waals surface area contributed by atoms with Crippen molar-refractivity contribution in [3.05, 3.63) is 48.3 Å². The van der Waals surface area contributed by atoms with Crippen molar-refractivity contribution in [2.75, 3.05) is 6.54 Å². The van der Waals surface area contributed by atoms with Crippen molar-refractivity contribution in [3.63, 3.8) is 0 Å². The van der Waals surface area contributed by atoms with Crippen molar-refractivity contribution in [3.8, 4) is 5.69 Å². The number of hydrogen-bond acceptors (Lipinski definition) is 2. The minimum absolute atomic E-state index is 0.269. The lowest BCUT2D eigenvalue weighted by Gasteiger charge is -2.56. The minimum atomic E-state index is 0.269. The van der Waals surface area contributed by atoms with Crippen LogP contribution in [0.4, 0.5) is 0 Å². The van der Waals surface area contributed by atoms with Gasteiger partial charge in [0.15, 0.2) is 0 Å². The summed E-state index contributed by atoms with van der Waals surface area (Å²) in [5, 5.41) is 7.44. The maximum Gasteiger partial charge on any atom is 0.220 e. The van der Waals surface area contributed by atoms with E-state index in [0.29, 0.717) is 5.41 Å². The lowest BCUT2D eigenvalue weighted by Crippen LogP contribution is -2.48. The highest BCUT2D eigenvalue weighted by molar-refractivity contribution is 5.76. The number of nitrogens with zero attached hydrogens (tertiary/aromatic N) is 2. The molecule has 1 aromatic carbocycles. The van der Waals surface area contributed by atoms with Crippen molar-refractivity contribution < 1.29 is 4.79 Å². The number of carbonyl (C=O) groups is 1. The zero-order valence-corrected chi connectivity index (χ0v) is 15.9. The standard InChI is InChI=1S/C23H29N3O/c27-22(16-23-13-18-10-19(14-23)12-20(11-18)15-23)24-8-6-17-2-4-21(5-3-17)26-9-1-7-25-26/h1-5,7,9,18-20H,6,8,10-16H2,(H,24,27). The van der Waals surface area contributed by atoms with E-state index in [1.54, 1.807) is 6.20 Å². The highest BCUT2D eigenvalue weighted by Gasteiger charge is 2.51. The summed E-state index contributed by atoms with van der Waals surface area (Å²) in [5.74, 6) is 3.01. The van der Waals surface area contributed by atoms with Crippen LogP contribution in [0.25, 0.3) is 5.69 Å². The lowest BCUT2D eigenvalue weighted by atomic mass is 9.49. The molecule has 0 spiro atoms. The SMILES string of the molecule is O=C(CC12CC3CC(CC(C3)C1)C2)NCCc1ccc(-n2cccn2)cc1. The molecule has 4 fully saturated rings. The smallest absolute Gasteiger partial charge is 0.220 e. The van der Waals surface area contributed by atoms with Crippen LogP contribution >= 0.6 is 0 Å². The fourth-order valence-electron chi connectivity index (χ4n) is 6.49. The van der Waals surface area contributed by atoms with Crippen LogP contribution in [0, 0.1) is 23.2 Å². The molecule has 4 heteroatoms. The van der Waals surface area contributed by atoms with Gasteiger partial charge in [-0.3, -0.25) is 4.79 Å². The third kappa shape index (κ3) is 3.54. The Bertz CT molecular complexity index is 758. The largest absolute Gasteiger partial charge is 0.356 e. The molecule has 4 aliphatic rings. The molecule has 0 atom stereocenters. The molecule has 4 saturated carbocycles. The minimum Gasteiger partial charge on any atom is -0.356 e. The van der Waals surface area contributed by atoms with Gasteiger partial charge in [0, 0.05) is 25.4 Å². The molecule has 2 aromatic rings. The van der Waals surface area contributed by atoms with Gasteiger partial charge in [-0.1, -0.05) is 12.1 Å². The fourth-order valence-corrected chi connectivity index (χ4v) is 6.49. The van der Waals surface area contributed by atoms with E-state index in [9.17, 15) is 4.79 Å². The first-order chi connectivity index (χ1) is 13.2. The molecule has 0 unspecified atom stereocenters. The molecule has 0 aliphatic heterocycles. The summed E-state index contributed by atoms with van der Waals surface area (Å²) in [6, 6.07) is 10.3. The zero-order chi connectivity index (χ0) is 18.3. The summed E-state index contributed by atoms with van der Waals surface area (Å²) in [6.07, 6.45) is 13.6. The van der Waals surface area contributed by atoms with E-state index in [0.717, 1.165) is 42.8 Å². The highest BCUT2D eigenvalue weighted by Crippen LogP contribution is 2.61. The van der Waals surface area contributed by atoms with Gasteiger partial charge in [-0.05, 0) is 91.9 Å². The molecule has 4 bridgehead atoms. The molecule has 4 nitrogen and oxygen atoms in total. The molecule has 4 aliphatic carbocycles. The van der Waals surface area contributed by atoms with E-state index in [2.05, 4.69) is 34.7 Å². The molecule has 1 heterocycles. The lowest BCUT2D eigenvalue weighted by molar-refractivity contribution is -0.129. The van der Waals surface area contributed by atoms with E-state index >= 15 is 0 Å². The van der Waals surface area contributed by atoms with Gasteiger partial charge in [-0.25, -0.2) is 4.68 Å². The average Bonchev–Trinajstić information content (AvgIpc) is 3.15. The molecule has 0 saturated heterocycles. The van der Waals surface area contributed by atoms with Gasteiger partial charge in [-0.2, -0.15) is 5.10 Å². The number of nitrogens with one attached hydrogen (secondary N) is 1. The van der Waals surface area contributed by atoms with Gasteiger partial charge in [-0.15, -0.1) is 0 Å². The maximum atomic E-state index is 12.6. The summed E-state index contributed by atoms with van der Waals surface area (Å²) < 4.78 is 1.86. The zero-order valence-electron chi connectivity index (χ0n) is 15.9.